The van der Waals surface area contributed by atoms with Gasteiger partial charge in [-0.15, -0.1) is 0 Å². The van der Waals surface area contributed by atoms with Gasteiger partial charge in [0.15, 0.2) is 11.5 Å². The fraction of sp³-hybridized carbons (Fsp3) is 0.368. The van der Waals surface area contributed by atoms with Gasteiger partial charge in [-0.05, 0) is 36.8 Å². The third-order valence-corrected chi connectivity index (χ3v) is 4.10. The molecule has 1 aromatic heterocycles. The molecule has 2 heterocycles. The van der Waals surface area contributed by atoms with Gasteiger partial charge >= 0.3 is 0 Å². The summed E-state index contributed by atoms with van der Waals surface area (Å²) in [6.45, 7) is 4.22. The summed E-state index contributed by atoms with van der Waals surface area (Å²) in [5.74, 6) is 2.29. The average Bonchev–Trinajstić information content (AvgIpc) is 2.65. The van der Waals surface area contributed by atoms with Gasteiger partial charge in [0.25, 0.3) is 5.91 Å². The lowest BCUT2D eigenvalue weighted by Crippen LogP contribution is -2.30. The molecule has 0 saturated heterocycles. The molecule has 1 aliphatic rings. The van der Waals surface area contributed by atoms with Crippen LogP contribution in [0.4, 0.5) is 5.82 Å². The van der Waals surface area contributed by atoms with E-state index in [0.717, 1.165) is 22.9 Å². The molecule has 0 atom stereocenters. The van der Waals surface area contributed by atoms with Crippen LogP contribution in [-0.4, -0.2) is 49.6 Å². The summed E-state index contributed by atoms with van der Waals surface area (Å²) >= 11 is 0. The number of ether oxygens (including phenoxy) is 2. The minimum atomic E-state index is -0.0322. The predicted molar refractivity (Wildman–Crippen MR) is 96.4 cm³/mol. The minimum Gasteiger partial charge on any atom is -0.486 e. The van der Waals surface area contributed by atoms with Crippen molar-refractivity contribution in [3.05, 3.63) is 47.7 Å². The van der Waals surface area contributed by atoms with Crippen molar-refractivity contribution in [2.45, 2.75) is 13.5 Å². The predicted octanol–water partition coefficient (Wildman–Crippen LogP) is 2.58. The fourth-order valence-corrected chi connectivity index (χ4v) is 2.69. The average molecular weight is 341 g/mol. The number of pyridine rings is 1. The van der Waals surface area contributed by atoms with E-state index >= 15 is 0 Å². The smallest absolute Gasteiger partial charge is 0.255 e. The number of hydrogen-bond donors (Lipinski definition) is 0. The van der Waals surface area contributed by atoms with E-state index in [1.54, 1.807) is 11.1 Å². The van der Waals surface area contributed by atoms with Gasteiger partial charge in [0, 0.05) is 33.4 Å². The van der Waals surface area contributed by atoms with Crippen molar-refractivity contribution in [1.82, 2.24) is 9.88 Å². The zero-order chi connectivity index (χ0) is 17.8. The van der Waals surface area contributed by atoms with Crippen molar-refractivity contribution in [2.24, 2.45) is 0 Å². The van der Waals surface area contributed by atoms with Crippen LogP contribution in [0.3, 0.4) is 0 Å². The highest BCUT2D eigenvalue weighted by Gasteiger charge is 2.17. The monoisotopic (exact) mass is 341 g/mol. The Morgan fingerprint density at radius 3 is 2.52 bits per heavy atom. The van der Waals surface area contributed by atoms with Gasteiger partial charge in [0.05, 0.1) is 5.56 Å². The van der Waals surface area contributed by atoms with Crippen molar-refractivity contribution in [2.75, 3.05) is 38.8 Å². The van der Waals surface area contributed by atoms with Crippen molar-refractivity contribution in [3.8, 4) is 11.5 Å². The zero-order valence-electron chi connectivity index (χ0n) is 14.9. The van der Waals surface area contributed by atoms with E-state index in [1.165, 1.54) is 0 Å². The van der Waals surface area contributed by atoms with E-state index in [4.69, 9.17) is 9.47 Å². The second kappa shape index (κ2) is 7.42. The molecule has 0 spiro atoms. The highest BCUT2D eigenvalue weighted by Crippen LogP contribution is 2.31. The van der Waals surface area contributed by atoms with E-state index in [0.29, 0.717) is 31.9 Å². The van der Waals surface area contributed by atoms with Gasteiger partial charge < -0.3 is 19.3 Å². The van der Waals surface area contributed by atoms with Crippen LogP contribution in [0.15, 0.2) is 36.5 Å². The molecular formula is C19H23N3O3. The van der Waals surface area contributed by atoms with Gasteiger partial charge in [-0.3, -0.25) is 4.79 Å². The number of amides is 1. The van der Waals surface area contributed by atoms with Gasteiger partial charge in [-0.25, -0.2) is 4.98 Å². The van der Waals surface area contributed by atoms with E-state index in [2.05, 4.69) is 4.98 Å². The lowest BCUT2D eigenvalue weighted by atomic mass is 10.1. The molecule has 0 N–H and O–H groups in total. The number of hydrogen-bond acceptors (Lipinski definition) is 5. The number of carbonyl (C=O) groups is 1. The number of fused-ring (bicyclic) bond motifs is 1. The number of rotatable bonds is 5. The second-order valence-electron chi connectivity index (χ2n) is 6.10. The summed E-state index contributed by atoms with van der Waals surface area (Å²) in [6.07, 6.45) is 1.63. The third kappa shape index (κ3) is 3.84. The highest BCUT2D eigenvalue weighted by molar-refractivity contribution is 5.94. The van der Waals surface area contributed by atoms with Crippen LogP contribution in [0.2, 0.25) is 0 Å². The van der Waals surface area contributed by atoms with Crippen molar-refractivity contribution < 1.29 is 14.3 Å². The van der Waals surface area contributed by atoms with Crippen LogP contribution in [0, 0.1) is 0 Å². The fourth-order valence-electron chi connectivity index (χ4n) is 2.69. The summed E-state index contributed by atoms with van der Waals surface area (Å²) < 4.78 is 11.2. The Hall–Kier alpha value is -2.76. The Balaban J connectivity index is 1.74. The summed E-state index contributed by atoms with van der Waals surface area (Å²) in [4.78, 5) is 20.8. The molecule has 0 fully saturated rings. The Morgan fingerprint density at radius 1 is 1.12 bits per heavy atom. The molecule has 1 aromatic carbocycles. The largest absolute Gasteiger partial charge is 0.486 e. The first-order chi connectivity index (χ1) is 12.1. The molecule has 1 aliphatic heterocycles. The molecule has 0 radical (unpaired) electrons. The van der Waals surface area contributed by atoms with Crippen LogP contribution in [0.25, 0.3) is 0 Å². The third-order valence-electron chi connectivity index (χ3n) is 4.10. The maximum atomic E-state index is 12.8. The maximum absolute atomic E-state index is 12.8. The van der Waals surface area contributed by atoms with Crippen LogP contribution >= 0.6 is 0 Å². The molecule has 25 heavy (non-hydrogen) atoms. The summed E-state index contributed by atoms with van der Waals surface area (Å²) in [5.41, 5.74) is 1.60. The molecule has 6 nitrogen and oxygen atoms in total. The first-order valence-electron chi connectivity index (χ1n) is 8.39. The Labute approximate surface area is 148 Å². The van der Waals surface area contributed by atoms with Crippen molar-refractivity contribution in [1.29, 1.82) is 0 Å². The van der Waals surface area contributed by atoms with Crippen LogP contribution < -0.4 is 14.4 Å². The summed E-state index contributed by atoms with van der Waals surface area (Å²) in [6, 6.07) is 9.48. The standard InChI is InChI=1S/C19H23N3O3/c1-4-22(19(23)15-6-8-18(20-12-15)21(2)3)13-14-5-7-16-17(11-14)25-10-9-24-16/h5-8,11-12H,4,9-10,13H2,1-3H3. The zero-order valence-corrected chi connectivity index (χ0v) is 14.9. The molecule has 0 saturated carbocycles. The normalized spacial score (nSPS) is 12.6. The molecule has 3 rings (SSSR count). The molecule has 6 heteroatoms. The SMILES string of the molecule is CCN(Cc1ccc2c(c1)OCCO2)C(=O)c1ccc(N(C)C)nc1. The topological polar surface area (TPSA) is 54.9 Å². The van der Waals surface area contributed by atoms with Crippen LogP contribution in [0.5, 0.6) is 11.5 Å². The molecular weight excluding hydrogens is 318 g/mol. The minimum absolute atomic E-state index is 0.0322. The lowest BCUT2D eigenvalue weighted by molar-refractivity contribution is 0.0752. The Morgan fingerprint density at radius 2 is 1.88 bits per heavy atom. The van der Waals surface area contributed by atoms with Crippen molar-refractivity contribution in [3.63, 3.8) is 0 Å². The van der Waals surface area contributed by atoms with Gasteiger partial charge in [-0.1, -0.05) is 6.07 Å². The van der Waals surface area contributed by atoms with E-state index < -0.39 is 0 Å². The lowest BCUT2D eigenvalue weighted by Gasteiger charge is -2.23. The molecule has 0 bridgehead atoms. The maximum Gasteiger partial charge on any atom is 0.255 e. The van der Waals surface area contributed by atoms with Gasteiger partial charge in [0.1, 0.15) is 19.0 Å². The quantitative estimate of drug-likeness (QED) is 0.837. The second-order valence-corrected chi connectivity index (χ2v) is 6.10. The highest BCUT2D eigenvalue weighted by atomic mass is 16.6. The first kappa shape index (κ1) is 17.1. The molecule has 0 aliphatic carbocycles. The van der Waals surface area contributed by atoms with E-state index in [-0.39, 0.29) is 5.91 Å². The number of aromatic nitrogens is 1. The number of nitrogens with zero attached hydrogens (tertiary/aromatic N) is 3. The van der Waals surface area contributed by atoms with Gasteiger partial charge in [0.2, 0.25) is 0 Å². The van der Waals surface area contributed by atoms with E-state index in [9.17, 15) is 4.79 Å². The number of anilines is 1. The first-order valence-corrected chi connectivity index (χ1v) is 8.39. The van der Waals surface area contributed by atoms with E-state index in [1.807, 2.05) is 56.3 Å². The molecule has 132 valence electrons. The number of carbonyl (C=O) groups excluding carboxylic acids is 1. The summed E-state index contributed by atoms with van der Waals surface area (Å²) in [5, 5.41) is 0. The van der Waals surface area contributed by atoms with Crippen LogP contribution in [-0.2, 0) is 6.54 Å². The molecule has 0 unspecified atom stereocenters. The Kier molecular flexibility index (Phi) is 5.07. The number of benzene rings is 1. The molecule has 1 amide bonds. The van der Waals surface area contributed by atoms with Crippen LogP contribution in [0.1, 0.15) is 22.8 Å². The Bertz CT molecular complexity index is 744. The summed E-state index contributed by atoms with van der Waals surface area (Å²) in [7, 11) is 3.84. The van der Waals surface area contributed by atoms with Gasteiger partial charge in [-0.2, -0.15) is 0 Å². The van der Waals surface area contributed by atoms with Crippen molar-refractivity contribution >= 4 is 11.7 Å². The molecule has 2 aromatic rings.